The standard InChI is InChI=1S/C15H12N3O/c1-3-7-12(8-4-1)15(13-9-5-2-6-10-13)19-14-11-16-18-17-14/h1-10,15H,(H,16,17,18). The fourth-order valence-corrected chi connectivity index (χ4v) is 1.92. The zero-order valence-corrected chi connectivity index (χ0v) is 10.2. The Bertz CT molecular complexity index is 569. The summed E-state index contributed by atoms with van der Waals surface area (Å²) in [5.74, 6) is 0.428. The molecule has 2 aromatic carbocycles. The van der Waals surface area contributed by atoms with Gasteiger partial charge in [-0.1, -0.05) is 65.9 Å². The molecule has 0 bridgehead atoms. The van der Waals surface area contributed by atoms with Crippen molar-refractivity contribution in [3.8, 4) is 5.88 Å². The number of H-pyrrole nitrogens is 1. The topological polar surface area (TPSA) is 50.8 Å². The first-order valence-electron chi connectivity index (χ1n) is 5.99. The van der Waals surface area contributed by atoms with Crippen LogP contribution in [-0.2, 0) is 0 Å². The van der Waals surface area contributed by atoms with Gasteiger partial charge in [-0.25, -0.2) is 5.10 Å². The van der Waals surface area contributed by atoms with Crippen molar-refractivity contribution in [2.24, 2.45) is 0 Å². The molecule has 19 heavy (non-hydrogen) atoms. The molecule has 1 aromatic heterocycles. The molecule has 0 spiro atoms. The molecule has 4 heteroatoms. The molecule has 0 saturated carbocycles. The van der Waals surface area contributed by atoms with E-state index in [0.29, 0.717) is 5.88 Å². The first kappa shape index (κ1) is 11.5. The highest BCUT2D eigenvalue weighted by Crippen LogP contribution is 2.26. The van der Waals surface area contributed by atoms with Gasteiger partial charge in [-0.3, -0.25) is 0 Å². The Labute approximate surface area is 111 Å². The van der Waals surface area contributed by atoms with Gasteiger partial charge in [-0.15, -0.1) is 5.10 Å². The van der Waals surface area contributed by atoms with Crippen LogP contribution in [0.25, 0.3) is 0 Å². The lowest BCUT2D eigenvalue weighted by Gasteiger charge is -2.18. The van der Waals surface area contributed by atoms with Crippen LogP contribution in [0.15, 0.2) is 60.7 Å². The Morgan fingerprint density at radius 1 is 0.895 bits per heavy atom. The molecule has 0 unspecified atom stereocenters. The van der Waals surface area contributed by atoms with Crippen molar-refractivity contribution < 1.29 is 4.74 Å². The Hall–Kier alpha value is -2.62. The van der Waals surface area contributed by atoms with Gasteiger partial charge < -0.3 is 4.74 Å². The summed E-state index contributed by atoms with van der Waals surface area (Å²) in [6.45, 7) is 0. The van der Waals surface area contributed by atoms with Crippen molar-refractivity contribution in [3.05, 3.63) is 78.0 Å². The largest absolute Gasteiger partial charge is 0.463 e. The van der Waals surface area contributed by atoms with Crippen LogP contribution >= 0.6 is 0 Å². The average molecular weight is 250 g/mol. The van der Waals surface area contributed by atoms with E-state index < -0.39 is 0 Å². The Morgan fingerprint density at radius 2 is 1.47 bits per heavy atom. The monoisotopic (exact) mass is 250 g/mol. The number of nitrogens with one attached hydrogen (secondary N) is 1. The van der Waals surface area contributed by atoms with Crippen LogP contribution in [0.2, 0.25) is 0 Å². The minimum Gasteiger partial charge on any atom is -0.463 e. The summed E-state index contributed by atoms with van der Waals surface area (Å²) in [7, 11) is 0. The van der Waals surface area contributed by atoms with Gasteiger partial charge in [0.2, 0.25) is 5.88 Å². The summed E-state index contributed by atoms with van der Waals surface area (Å²) in [5.41, 5.74) is 2.13. The molecule has 0 aliphatic heterocycles. The third-order valence-corrected chi connectivity index (χ3v) is 2.79. The smallest absolute Gasteiger partial charge is 0.241 e. The van der Waals surface area contributed by atoms with Crippen LogP contribution in [-0.4, -0.2) is 15.4 Å². The minimum absolute atomic E-state index is 0.208. The molecule has 0 aliphatic carbocycles. The molecular formula is C15H12N3O. The molecule has 0 aliphatic rings. The van der Waals surface area contributed by atoms with Crippen LogP contribution in [0, 0.1) is 6.20 Å². The molecule has 3 aromatic rings. The number of benzene rings is 2. The molecule has 0 saturated heterocycles. The summed E-state index contributed by atoms with van der Waals surface area (Å²) in [5, 5.41) is 9.88. The van der Waals surface area contributed by atoms with Crippen molar-refractivity contribution in [2.45, 2.75) is 6.10 Å². The van der Waals surface area contributed by atoms with Gasteiger partial charge in [0.25, 0.3) is 0 Å². The van der Waals surface area contributed by atoms with Gasteiger partial charge in [-0.2, -0.15) is 0 Å². The molecule has 0 amide bonds. The molecule has 1 heterocycles. The first-order valence-corrected chi connectivity index (χ1v) is 5.99. The highest BCUT2D eigenvalue weighted by atomic mass is 16.5. The zero-order valence-electron chi connectivity index (χ0n) is 10.2. The molecule has 1 N–H and O–H groups in total. The Balaban J connectivity index is 1.96. The van der Waals surface area contributed by atoms with E-state index >= 15 is 0 Å². The summed E-state index contributed by atoms with van der Waals surface area (Å²) in [4.78, 5) is 0. The van der Waals surface area contributed by atoms with Gasteiger partial charge in [0, 0.05) is 0 Å². The van der Waals surface area contributed by atoms with E-state index in [-0.39, 0.29) is 6.10 Å². The summed E-state index contributed by atoms with van der Waals surface area (Å²) in [6, 6.07) is 20.0. The summed E-state index contributed by atoms with van der Waals surface area (Å²) in [6.07, 6.45) is 2.46. The molecule has 1 radical (unpaired) electrons. The Kier molecular flexibility index (Phi) is 3.23. The van der Waals surface area contributed by atoms with Crippen LogP contribution in [0.5, 0.6) is 5.88 Å². The van der Waals surface area contributed by atoms with Crippen molar-refractivity contribution in [1.82, 2.24) is 15.4 Å². The minimum atomic E-state index is -0.208. The lowest BCUT2D eigenvalue weighted by Crippen LogP contribution is -2.09. The van der Waals surface area contributed by atoms with Gasteiger partial charge in [-0.05, 0) is 11.1 Å². The average Bonchev–Trinajstić information content (AvgIpc) is 3.00. The van der Waals surface area contributed by atoms with Crippen molar-refractivity contribution in [2.75, 3.05) is 0 Å². The fourth-order valence-electron chi connectivity index (χ4n) is 1.92. The quantitative estimate of drug-likeness (QED) is 0.774. The van der Waals surface area contributed by atoms with Gasteiger partial charge in [0.1, 0.15) is 0 Å². The number of aromatic nitrogens is 3. The maximum Gasteiger partial charge on any atom is 0.241 e. The predicted octanol–water partition coefficient (Wildman–Crippen LogP) is 2.77. The number of hydrogen-bond acceptors (Lipinski definition) is 3. The lowest BCUT2D eigenvalue weighted by atomic mass is 10.0. The van der Waals surface area contributed by atoms with Crippen molar-refractivity contribution in [1.29, 1.82) is 0 Å². The summed E-state index contributed by atoms with van der Waals surface area (Å²) < 4.78 is 5.89. The molecule has 4 nitrogen and oxygen atoms in total. The van der Waals surface area contributed by atoms with E-state index in [9.17, 15) is 0 Å². The highest BCUT2D eigenvalue weighted by molar-refractivity contribution is 5.31. The normalized spacial score (nSPS) is 10.6. The second-order valence-electron chi connectivity index (χ2n) is 4.07. The van der Waals surface area contributed by atoms with Crippen LogP contribution in [0.3, 0.4) is 0 Å². The highest BCUT2D eigenvalue weighted by Gasteiger charge is 2.16. The van der Waals surface area contributed by atoms with Gasteiger partial charge >= 0.3 is 0 Å². The van der Waals surface area contributed by atoms with E-state index in [1.807, 2.05) is 60.7 Å². The van der Waals surface area contributed by atoms with Gasteiger partial charge in [0.05, 0.1) is 0 Å². The first-order chi connectivity index (χ1) is 9.43. The maximum atomic E-state index is 5.89. The fraction of sp³-hybridized carbons (Fsp3) is 0.0667. The number of ether oxygens (including phenoxy) is 1. The zero-order chi connectivity index (χ0) is 12.9. The van der Waals surface area contributed by atoms with Crippen LogP contribution < -0.4 is 4.74 Å². The van der Waals surface area contributed by atoms with E-state index in [1.165, 1.54) is 0 Å². The number of nitrogens with zero attached hydrogens (tertiary/aromatic N) is 2. The lowest BCUT2D eigenvalue weighted by molar-refractivity contribution is 0.236. The Morgan fingerprint density at radius 3 is 1.95 bits per heavy atom. The summed E-state index contributed by atoms with van der Waals surface area (Å²) >= 11 is 0. The second kappa shape index (κ2) is 5.35. The van der Waals surface area contributed by atoms with E-state index in [2.05, 4.69) is 21.6 Å². The third kappa shape index (κ3) is 2.63. The predicted molar refractivity (Wildman–Crippen MR) is 70.6 cm³/mol. The van der Waals surface area contributed by atoms with Crippen molar-refractivity contribution in [3.63, 3.8) is 0 Å². The molecule has 93 valence electrons. The van der Waals surface area contributed by atoms with E-state index in [0.717, 1.165) is 11.1 Å². The number of rotatable bonds is 4. The van der Waals surface area contributed by atoms with E-state index in [1.54, 1.807) is 0 Å². The van der Waals surface area contributed by atoms with E-state index in [4.69, 9.17) is 4.74 Å². The van der Waals surface area contributed by atoms with Gasteiger partial charge in [0.15, 0.2) is 12.3 Å². The molecule has 0 fully saturated rings. The second-order valence-corrected chi connectivity index (χ2v) is 4.07. The number of aromatic amines is 1. The maximum absolute atomic E-state index is 5.89. The third-order valence-electron chi connectivity index (χ3n) is 2.79. The molecular weight excluding hydrogens is 238 g/mol. The van der Waals surface area contributed by atoms with Crippen LogP contribution in [0.4, 0.5) is 0 Å². The molecule has 0 atom stereocenters. The van der Waals surface area contributed by atoms with Crippen molar-refractivity contribution >= 4 is 0 Å². The number of hydrogen-bond donors (Lipinski definition) is 1. The molecule has 3 rings (SSSR count). The SMILES string of the molecule is [c]1nn[nH]c1OC(c1ccccc1)c1ccccc1. The van der Waals surface area contributed by atoms with Crippen LogP contribution in [0.1, 0.15) is 17.2 Å².